The molecule has 0 saturated carbocycles. The van der Waals surface area contributed by atoms with Gasteiger partial charge in [-0.05, 0) is 37.3 Å². The zero-order valence-electron chi connectivity index (χ0n) is 15.8. The van der Waals surface area contributed by atoms with Crippen LogP contribution >= 0.6 is 0 Å². The van der Waals surface area contributed by atoms with E-state index in [2.05, 4.69) is 24.1 Å². The number of hydrogen-bond donors (Lipinski definition) is 1. The fraction of sp³-hybridized carbons (Fsp3) is 0.632. The number of anilines is 1. The zero-order chi connectivity index (χ0) is 18.8. The van der Waals surface area contributed by atoms with E-state index in [1.807, 2.05) is 6.92 Å². The number of amides is 1. The van der Waals surface area contributed by atoms with E-state index >= 15 is 0 Å². The molecular weight excluding hydrogens is 332 g/mol. The highest BCUT2D eigenvalue weighted by atomic mass is 16.6. The van der Waals surface area contributed by atoms with Crippen LogP contribution in [0.15, 0.2) is 18.2 Å². The smallest absolute Gasteiger partial charge is 0.293 e. The van der Waals surface area contributed by atoms with Gasteiger partial charge < -0.3 is 15.1 Å². The van der Waals surface area contributed by atoms with Gasteiger partial charge in [0, 0.05) is 50.4 Å². The van der Waals surface area contributed by atoms with Gasteiger partial charge in [-0.15, -0.1) is 0 Å². The van der Waals surface area contributed by atoms with Gasteiger partial charge in [0.25, 0.3) is 11.6 Å². The minimum Gasteiger partial charge on any atom is -0.365 e. The van der Waals surface area contributed by atoms with Crippen LogP contribution in [0.25, 0.3) is 0 Å². The van der Waals surface area contributed by atoms with E-state index in [1.54, 1.807) is 17.0 Å². The molecule has 1 amide bonds. The minimum atomic E-state index is -0.364. The highest BCUT2D eigenvalue weighted by molar-refractivity contribution is 5.96. The molecule has 2 unspecified atom stereocenters. The van der Waals surface area contributed by atoms with Crippen LogP contribution in [0.5, 0.6) is 0 Å². The van der Waals surface area contributed by atoms with E-state index in [4.69, 9.17) is 0 Å². The maximum Gasteiger partial charge on any atom is 0.293 e. The second-order valence-electron chi connectivity index (χ2n) is 7.86. The van der Waals surface area contributed by atoms with Crippen molar-refractivity contribution >= 4 is 17.3 Å². The first-order valence-electron chi connectivity index (χ1n) is 9.42. The Bertz CT molecular complexity index is 683. The summed E-state index contributed by atoms with van der Waals surface area (Å²) in [6, 6.07) is 5.03. The number of nitrogens with zero attached hydrogens (tertiary/aromatic N) is 3. The van der Waals surface area contributed by atoms with Crippen LogP contribution in [-0.4, -0.2) is 54.5 Å². The van der Waals surface area contributed by atoms with E-state index < -0.39 is 0 Å². The molecule has 0 radical (unpaired) electrons. The predicted octanol–water partition coefficient (Wildman–Crippen LogP) is 2.51. The Balaban J connectivity index is 1.89. The molecule has 2 aliphatic heterocycles. The first-order valence-corrected chi connectivity index (χ1v) is 9.42. The number of nitro benzene ring substituents is 1. The second-order valence-corrected chi connectivity index (χ2v) is 7.86. The molecule has 0 aromatic heterocycles. The molecule has 2 fully saturated rings. The third kappa shape index (κ3) is 3.82. The normalized spacial score (nSPS) is 26.7. The summed E-state index contributed by atoms with van der Waals surface area (Å²) in [6.07, 6.45) is 1.14. The molecule has 1 N–H and O–H groups in total. The quantitative estimate of drug-likeness (QED) is 0.662. The van der Waals surface area contributed by atoms with Crippen LogP contribution in [0, 0.1) is 22.0 Å². The van der Waals surface area contributed by atoms with E-state index in [-0.39, 0.29) is 22.6 Å². The lowest BCUT2D eigenvalue weighted by atomic mass is 9.91. The molecule has 26 heavy (non-hydrogen) atoms. The minimum absolute atomic E-state index is 0.0277. The number of benzene rings is 1. The Morgan fingerprint density at radius 3 is 2.54 bits per heavy atom. The number of piperazine rings is 1. The molecule has 0 bridgehead atoms. The van der Waals surface area contributed by atoms with Crippen molar-refractivity contribution in [2.24, 2.45) is 11.8 Å². The SMILES string of the molecule is CC1CC(C)CN(c2ccc(C(=O)N3CCNC[C@H]3C)cc2[N+](=O)[O-])C1. The maximum absolute atomic E-state index is 12.8. The van der Waals surface area contributed by atoms with Crippen molar-refractivity contribution in [3.8, 4) is 0 Å². The molecule has 0 aliphatic carbocycles. The highest BCUT2D eigenvalue weighted by Gasteiger charge is 2.30. The lowest BCUT2D eigenvalue weighted by molar-refractivity contribution is -0.384. The van der Waals surface area contributed by atoms with Crippen LogP contribution in [-0.2, 0) is 0 Å². The number of piperidine rings is 1. The Labute approximate surface area is 154 Å². The van der Waals surface area contributed by atoms with E-state index in [9.17, 15) is 14.9 Å². The summed E-state index contributed by atoms with van der Waals surface area (Å²) in [6.45, 7) is 10.1. The van der Waals surface area contributed by atoms with Gasteiger partial charge in [0.1, 0.15) is 5.69 Å². The fourth-order valence-corrected chi connectivity index (χ4v) is 4.24. The lowest BCUT2D eigenvalue weighted by Gasteiger charge is -2.36. The summed E-state index contributed by atoms with van der Waals surface area (Å²) >= 11 is 0. The van der Waals surface area contributed by atoms with E-state index in [1.165, 1.54) is 6.07 Å². The van der Waals surface area contributed by atoms with Crippen LogP contribution in [0.1, 0.15) is 37.6 Å². The lowest BCUT2D eigenvalue weighted by Crippen LogP contribution is -2.52. The number of nitro groups is 1. The van der Waals surface area contributed by atoms with Crippen LogP contribution < -0.4 is 10.2 Å². The molecule has 1 aromatic carbocycles. The third-order valence-corrected chi connectivity index (χ3v) is 5.39. The molecule has 2 saturated heterocycles. The van der Waals surface area contributed by atoms with Crippen molar-refractivity contribution in [3.63, 3.8) is 0 Å². The largest absolute Gasteiger partial charge is 0.365 e. The van der Waals surface area contributed by atoms with E-state index in [0.29, 0.717) is 29.6 Å². The summed E-state index contributed by atoms with van der Waals surface area (Å²) in [5, 5.41) is 14.9. The molecule has 142 valence electrons. The van der Waals surface area contributed by atoms with Crippen molar-refractivity contribution < 1.29 is 9.72 Å². The molecular formula is C19H28N4O3. The third-order valence-electron chi connectivity index (χ3n) is 5.39. The number of nitrogens with one attached hydrogen (secondary N) is 1. The predicted molar refractivity (Wildman–Crippen MR) is 102 cm³/mol. The molecule has 1 aromatic rings. The standard InChI is InChI=1S/C19H28N4O3/c1-13-8-14(2)12-21(11-13)17-5-4-16(9-18(17)23(25)26)19(24)22-7-6-20-10-15(22)3/h4-5,9,13-15,20H,6-8,10-12H2,1-3H3/t13?,14?,15-/m1/s1. The van der Waals surface area contributed by atoms with Gasteiger partial charge in [-0.1, -0.05) is 13.8 Å². The topological polar surface area (TPSA) is 78.7 Å². The van der Waals surface area contributed by atoms with Crippen LogP contribution in [0.2, 0.25) is 0 Å². The number of hydrogen-bond acceptors (Lipinski definition) is 5. The molecule has 3 atom stereocenters. The Morgan fingerprint density at radius 2 is 1.92 bits per heavy atom. The van der Waals surface area contributed by atoms with Gasteiger partial charge in [-0.2, -0.15) is 0 Å². The average molecular weight is 360 g/mol. The first-order chi connectivity index (χ1) is 12.4. The van der Waals surface area contributed by atoms with Gasteiger partial charge >= 0.3 is 0 Å². The molecule has 7 nitrogen and oxygen atoms in total. The average Bonchev–Trinajstić information content (AvgIpc) is 2.60. The second kappa shape index (κ2) is 7.61. The summed E-state index contributed by atoms with van der Waals surface area (Å²) in [5.74, 6) is 0.872. The molecule has 0 spiro atoms. The van der Waals surface area contributed by atoms with Crippen molar-refractivity contribution in [3.05, 3.63) is 33.9 Å². The van der Waals surface area contributed by atoms with Crippen molar-refractivity contribution in [1.29, 1.82) is 0 Å². The summed E-state index contributed by atoms with van der Waals surface area (Å²) in [4.78, 5) is 28.0. The van der Waals surface area contributed by atoms with Gasteiger partial charge in [-0.3, -0.25) is 14.9 Å². The first kappa shape index (κ1) is 18.6. The van der Waals surface area contributed by atoms with Crippen LogP contribution in [0.3, 0.4) is 0 Å². The van der Waals surface area contributed by atoms with E-state index in [0.717, 1.165) is 32.6 Å². The molecule has 3 rings (SSSR count). The molecule has 2 heterocycles. The number of carbonyl (C=O) groups is 1. The summed E-state index contributed by atoms with van der Waals surface area (Å²) < 4.78 is 0. The van der Waals surface area contributed by atoms with Crippen molar-refractivity contribution in [1.82, 2.24) is 10.2 Å². The van der Waals surface area contributed by atoms with Gasteiger partial charge in [0.05, 0.1) is 4.92 Å². The fourth-order valence-electron chi connectivity index (χ4n) is 4.24. The number of carbonyl (C=O) groups excluding carboxylic acids is 1. The van der Waals surface area contributed by atoms with Crippen molar-refractivity contribution in [2.75, 3.05) is 37.6 Å². The van der Waals surface area contributed by atoms with Gasteiger partial charge in [0.2, 0.25) is 0 Å². The molecule has 2 aliphatic rings. The Kier molecular flexibility index (Phi) is 5.46. The number of rotatable bonds is 3. The van der Waals surface area contributed by atoms with Gasteiger partial charge in [-0.25, -0.2) is 0 Å². The maximum atomic E-state index is 12.8. The molecule has 7 heteroatoms. The van der Waals surface area contributed by atoms with Gasteiger partial charge in [0.15, 0.2) is 0 Å². The monoisotopic (exact) mass is 360 g/mol. The van der Waals surface area contributed by atoms with Crippen LogP contribution in [0.4, 0.5) is 11.4 Å². The summed E-state index contributed by atoms with van der Waals surface area (Å²) in [7, 11) is 0. The Morgan fingerprint density at radius 1 is 1.23 bits per heavy atom. The highest BCUT2D eigenvalue weighted by Crippen LogP contribution is 2.34. The van der Waals surface area contributed by atoms with Crippen molar-refractivity contribution in [2.45, 2.75) is 33.2 Å². The summed E-state index contributed by atoms with van der Waals surface area (Å²) in [5.41, 5.74) is 1.05. The Hall–Kier alpha value is -2.15. The zero-order valence-corrected chi connectivity index (χ0v) is 15.8.